The fraction of sp³-hybridized carbons (Fsp3) is 0.300. The van der Waals surface area contributed by atoms with E-state index in [4.69, 9.17) is 4.74 Å². The number of methoxy groups -OCH3 is 1. The predicted molar refractivity (Wildman–Crippen MR) is 100 cm³/mol. The molecule has 0 bridgehead atoms. The zero-order chi connectivity index (χ0) is 19.0. The van der Waals surface area contributed by atoms with E-state index in [-0.39, 0.29) is 17.6 Å². The van der Waals surface area contributed by atoms with Crippen molar-refractivity contribution in [1.29, 1.82) is 0 Å². The lowest BCUT2D eigenvalue weighted by Gasteiger charge is -2.41. The molecule has 3 heterocycles. The molecular weight excluding hydrogens is 344 g/mol. The van der Waals surface area contributed by atoms with Gasteiger partial charge in [0, 0.05) is 45.2 Å². The Balaban J connectivity index is 1.73. The molecule has 4 rings (SSSR count). The first kappa shape index (κ1) is 17.4. The maximum Gasteiger partial charge on any atom is 0.325 e. The second-order valence-corrected chi connectivity index (χ2v) is 6.76. The minimum atomic E-state index is -0.442. The van der Waals surface area contributed by atoms with E-state index in [1.807, 2.05) is 53.2 Å². The fourth-order valence-electron chi connectivity index (χ4n) is 3.78. The van der Waals surface area contributed by atoms with Crippen LogP contribution in [-0.2, 0) is 24.8 Å². The molecule has 1 aliphatic rings. The number of hydrogen-bond acceptors (Lipinski definition) is 3. The standard InChI is InChI=1S/C20H22N4O3/c1-22-15(12-21-20(22)26)11-17-19(27-2)24(13-14-7-4-3-5-8-14)18(25)16-9-6-10-23(16)17/h3-10,12,17,19H,11,13H2,1-2H3,(H,21,26)/t17-,19-/m1/s1. The Morgan fingerprint density at radius 3 is 2.56 bits per heavy atom. The summed E-state index contributed by atoms with van der Waals surface area (Å²) in [6, 6.07) is 13.4. The number of carbonyl (C=O) groups excluding carboxylic acids is 1. The number of H-pyrrole nitrogens is 1. The first-order valence-electron chi connectivity index (χ1n) is 8.88. The first-order chi connectivity index (χ1) is 13.1. The van der Waals surface area contributed by atoms with E-state index in [0.29, 0.717) is 18.7 Å². The van der Waals surface area contributed by atoms with E-state index in [1.54, 1.807) is 29.8 Å². The molecule has 7 heteroatoms. The number of imidazole rings is 1. The predicted octanol–water partition coefficient (Wildman–Crippen LogP) is 1.93. The summed E-state index contributed by atoms with van der Waals surface area (Å²) >= 11 is 0. The van der Waals surface area contributed by atoms with Gasteiger partial charge in [0.1, 0.15) is 5.69 Å². The van der Waals surface area contributed by atoms with Crippen LogP contribution in [0.3, 0.4) is 0 Å². The van der Waals surface area contributed by atoms with Gasteiger partial charge < -0.3 is 19.2 Å². The van der Waals surface area contributed by atoms with Gasteiger partial charge in [0.2, 0.25) is 0 Å². The molecule has 0 spiro atoms. The van der Waals surface area contributed by atoms with Gasteiger partial charge in [0.25, 0.3) is 5.91 Å². The van der Waals surface area contributed by atoms with Gasteiger partial charge in [-0.2, -0.15) is 0 Å². The average molecular weight is 366 g/mol. The molecule has 1 aliphatic heterocycles. The monoisotopic (exact) mass is 366 g/mol. The average Bonchev–Trinajstić information content (AvgIpc) is 3.29. The Bertz CT molecular complexity index is 1000. The highest BCUT2D eigenvalue weighted by molar-refractivity contribution is 5.93. The van der Waals surface area contributed by atoms with E-state index >= 15 is 0 Å². The molecule has 1 N–H and O–H groups in total. The molecule has 0 aliphatic carbocycles. The topological polar surface area (TPSA) is 72.3 Å². The number of nitrogens with one attached hydrogen (secondary N) is 1. The molecule has 2 aromatic heterocycles. The third-order valence-electron chi connectivity index (χ3n) is 5.21. The van der Waals surface area contributed by atoms with Gasteiger partial charge in [0.15, 0.2) is 6.23 Å². The number of amides is 1. The van der Waals surface area contributed by atoms with E-state index in [1.165, 1.54) is 0 Å². The van der Waals surface area contributed by atoms with Crippen molar-refractivity contribution in [1.82, 2.24) is 19.0 Å². The van der Waals surface area contributed by atoms with Crippen LogP contribution in [0.2, 0.25) is 0 Å². The van der Waals surface area contributed by atoms with Crippen LogP contribution in [0, 0.1) is 0 Å². The second-order valence-electron chi connectivity index (χ2n) is 6.76. The Hall–Kier alpha value is -3.06. The van der Waals surface area contributed by atoms with Crippen molar-refractivity contribution in [2.75, 3.05) is 7.11 Å². The SMILES string of the molecule is CO[C@@H]1[C@@H](Cc2c[nH]c(=O)n2C)n2cccc2C(=O)N1Cc1ccccc1. The number of nitrogens with zero attached hydrogens (tertiary/aromatic N) is 3. The summed E-state index contributed by atoms with van der Waals surface area (Å²) in [5.74, 6) is -0.0603. The van der Waals surface area contributed by atoms with Crippen molar-refractivity contribution in [2.45, 2.75) is 25.2 Å². The van der Waals surface area contributed by atoms with Crippen LogP contribution < -0.4 is 5.69 Å². The van der Waals surface area contributed by atoms with Gasteiger partial charge in [-0.25, -0.2) is 4.79 Å². The number of ether oxygens (including phenoxy) is 1. The van der Waals surface area contributed by atoms with Crippen molar-refractivity contribution in [3.05, 3.63) is 82.3 Å². The summed E-state index contributed by atoms with van der Waals surface area (Å²) in [4.78, 5) is 29.4. The van der Waals surface area contributed by atoms with E-state index in [2.05, 4.69) is 4.98 Å². The van der Waals surface area contributed by atoms with Crippen LogP contribution in [0.1, 0.15) is 27.8 Å². The van der Waals surface area contributed by atoms with Crippen molar-refractivity contribution in [3.8, 4) is 0 Å². The molecule has 0 saturated carbocycles. The van der Waals surface area contributed by atoms with Gasteiger partial charge in [-0.15, -0.1) is 0 Å². The summed E-state index contributed by atoms with van der Waals surface area (Å²) in [5.41, 5.74) is 2.38. The summed E-state index contributed by atoms with van der Waals surface area (Å²) in [7, 11) is 3.36. The molecule has 1 amide bonds. The second kappa shape index (κ2) is 6.92. The minimum Gasteiger partial charge on any atom is -0.359 e. The number of aromatic nitrogens is 3. The summed E-state index contributed by atoms with van der Waals surface area (Å²) in [6.45, 7) is 0.464. The first-order valence-corrected chi connectivity index (χ1v) is 8.88. The van der Waals surface area contributed by atoms with E-state index in [0.717, 1.165) is 11.3 Å². The molecule has 0 unspecified atom stereocenters. The third-order valence-corrected chi connectivity index (χ3v) is 5.21. The summed E-state index contributed by atoms with van der Waals surface area (Å²) in [6.07, 6.45) is 3.74. The highest BCUT2D eigenvalue weighted by atomic mass is 16.5. The molecule has 0 saturated heterocycles. The van der Waals surface area contributed by atoms with Crippen LogP contribution in [0.4, 0.5) is 0 Å². The third kappa shape index (κ3) is 3.00. The van der Waals surface area contributed by atoms with Crippen LogP contribution in [0.5, 0.6) is 0 Å². The number of benzene rings is 1. The number of rotatable bonds is 5. The van der Waals surface area contributed by atoms with E-state index in [9.17, 15) is 9.59 Å². The quantitative estimate of drug-likeness (QED) is 0.750. The van der Waals surface area contributed by atoms with Crippen LogP contribution in [-0.4, -0.2) is 38.3 Å². The van der Waals surface area contributed by atoms with Gasteiger partial charge in [-0.3, -0.25) is 9.36 Å². The number of carbonyl (C=O) groups is 1. The fourth-order valence-corrected chi connectivity index (χ4v) is 3.78. The Kier molecular flexibility index (Phi) is 4.45. The zero-order valence-corrected chi connectivity index (χ0v) is 15.3. The lowest BCUT2D eigenvalue weighted by molar-refractivity contribution is -0.0645. The maximum absolute atomic E-state index is 13.1. The molecule has 2 atom stereocenters. The molecule has 140 valence electrons. The summed E-state index contributed by atoms with van der Waals surface area (Å²) in [5, 5.41) is 0. The largest absolute Gasteiger partial charge is 0.359 e. The molecule has 3 aromatic rings. The zero-order valence-electron chi connectivity index (χ0n) is 15.3. The lowest BCUT2D eigenvalue weighted by Crippen LogP contribution is -2.51. The molecule has 0 radical (unpaired) electrons. The number of aromatic amines is 1. The number of hydrogen-bond donors (Lipinski definition) is 1. The highest BCUT2D eigenvalue weighted by Crippen LogP contribution is 2.32. The van der Waals surface area contributed by atoms with Crippen molar-refractivity contribution < 1.29 is 9.53 Å². The minimum absolute atomic E-state index is 0.0603. The lowest BCUT2D eigenvalue weighted by atomic mass is 10.0. The van der Waals surface area contributed by atoms with Crippen molar-refractivity contribution >= 4 is 5.91 Å². The van der Waals surface area contributed by atoms with Crippen LogP contribution in [0.25, 0.3) is 0 Å². The molecular formula is C20H22N4O3. The van der Waals surface area contributed by atoms with Gasteiger partial charge in [-0.1, -0.05) is 30.3 Å². The molecule has 7 nitrogen and oxygen atoms in total. The van der Waals surface area contributed by atoms with Crippen molar-refractivity contribution in [2.24, 2.45) is 7.05 Å². The van der Waals surface area contributed by atoms with Gasteiger partial charge in [-0.05, 0) is 17.7 Å². The van der Waals surface area contributed by atoms with Gasteiger partial charge in [0.05, 0.1) is 6.04 Å². The van der Waals surface area contributed by atoms with Crippen LogP contribution >= 0.6 is 0 Å². The number of fused-ring (bicyclic) bond motifs is 1. The highest BCUT2D eigenvalue weighted by Gasteiger charge is 2.40. The summed E-state index contributed by atoms with van der Waals surface area (Å²) < 4.78 is 9.34. The van der Waals surface area contributed by atoms with Crippen LogP contribution in [0.15, 0.2) is 59.7 Å². The Morgan fingerprint density at radius 1 is 1.11 bits per heavy atom. The molecule has 0 fully saturated rings. The molecule has 1 aromatic carbocycles. The Labute approximate surface area is 156 Å². The Morgan fingerprint density at radius 2 is 1.89 bits per heavy atom. The maximum atomic E-state index is 13.1. The molecule has 27 heavy (non-hydrogen) atoms. The smallest absolute Gasteiger partial charge is 0.325 e. The van der Waals surface area contributed by atoms with E-state index < -0.39 is 6.23 Å². The normalized spacial score (nSPS) is 19.3. The van der Waals surface area contributed by atoms with Gasteiger partial charge >= 0.3 is 5.69 Å². The van der Waals surface area contributed by atoms with Crippen molar-refractivity contribution in [3.63, 3.8) is 0 Å².